The topological polar surface area (TPSA) is 88.1 Å². The summed E-state index contributed by atoms with van der Waals surface area (Å²) in [6.07, 6.45) is 21.6. The van der Waals surface area contributed by atoms with Gasteiger partial charge in [0.2, 0.25) is 0 Å². The first-order chi connectivity index (χ1) is 28.2. The molecule has 0 saturated heterocycles. The minimum absolute atomic E-state index is 0.0256. The number of carbonyl (C=O) groups is 3. The predicted octanol–water partition coefficient (Wildman–Crippen LogP) is 13.1. The Balaban J connectivity index is 1.51. The second-order valence-corrected chi connectivity index (χ2v) is 22.2. The van der Waals surface area contributed by atoms with Crippen LogP contribution in [-0.2, 0) is 53.2 Å². The van der Waals surface area contributed by atoms with Crippen molar-refractivity contribution in [1.29, 1.82) is 0 Å². The van der Waals surface area contributed by atoms with Crippen molar-refractivity contribution in [2.75, 3.05) is 6.61 Å². The molecule has 3 aromatic carbocycles. The molecule has 7 nitrogen and oxygen atoms in total. The molecule has 0 N–H and O–H groups in total. The van der Waals surface area contributed by atoms with Crippen LogP contribution in [0.5, 0.6) is 0 Å². The fourth-order valence-corrected chi connectivity index (χ4v) is 9.92. The van der Waals surface area contributed by atoms with Crippen molar-refractivity contribution in [2.45, 2.75) is 180 Å². The molecule has 0 radical (unpaired) electrons. The molecule has 0 bridgehead atoms. The lowest BCUT2D eigenvalue weighted by molar-refractivity contribution is -0.187. The number of esters is 3. The molecule has 0 spiro atoms. The van der Waals surface area contributed by atoms with E-state index in [-0.39, 0.29) is 26.4 Å². The maximum atomic E-state index is 14.1. The van der Waals surface area contributed by atoms with Gasteiger partial charge in [-0.3, -0.25) is 9.59 Å². The fraction of sp³-hybridized carbons (Fsp3) is 0.580. The summed E-state index contributed by atoms with van der Waals surface area (Å²) in [7, 11) is -1.54. The zero-order valence-corrected chi connectivity index (χ0v) is 37.2. The van der Waals surface area contributed by atoms with Crippen LogP contribution in [0.3, 0.4) is 0 Å². The van der Waals surface area contributed by atoms with Gasteiger partial charge in [-0.1, -0.05) is 226 Å². The average molecular weight is 815 g/mol. The summed E-state index contributed by atoms with van der Waals surface area (Å²) in [5.41, 5.74) is 0.501. The molecule has 0 amide bonds. The van der Waals surface area contributed by atoms with Crippen molar-refractivity contribution in [3.63, 3.8) is 0 Å². The second-order valence-electron chi connectivity index (χ2n) is 16.9. The Hall–Kier alpha value is -3.75. The van der Waals surface area contributed by atoms with E-state index in [1.807, 2.05) is 91.0 Å². The van der Waals surface area contributed by atoms with Gasteiger partial charge in [0.1, 0.15) is 19.8 Å². The summed E-state index contributed by atoms with van der Waals surface area (Å²) in [4.78, 5) is 40.9. The van der Waals surface area contributed by atoms with E-state index in [0.29, 0.717) is 6.42 Å². The van der Waals surface area contributed by atoms with Crippen molar-refractivity contribution < 1.29 is 33.3 Å². The van der Waals surface area contributed by atoms with E-state index in [0.717, 1.165) is 22.7 Å². The van der Waals surface area contributed by atoms with Crippen LogP contribution in [0.1, 0.15) is 146 Å². The second kappa shape index (κ2) is 29.5. The molecule has 320 valence electrons. The molecule has 58 heavy (non-hydrogen) atoms. The van der Waals surface area contributed by atoms with Crippen LogP contribution >= 0.6 is 0 Å². The van der Waals surface area contributed by atoms with Crippen LogP contribution in [0.2, 0.25) is 25.2 Å². The van der Waals surface area contributed by atoms with Gasteiger partial charge in [0, 0.05) is 14.7 Å². The van der Waals surface area contributed by atoms with E-state index in [9.17, 15) is 14.4 Å². The smallest absolute Gasteiger partial charge is 0.339 e. The molecule has 0 aromatic heterocycles. The van der Waals surface area contributed by atoms with Crippen molar-refractivity contribution in [2.24, 2.45) is 0 Å². The summed E-state index contributed by atoms with van der Waals surface area (Å²) in [6, 6.07) is 30.2. The first-order valence-electron chi connectivity index (χ1n) is 22.5. The summed E-state index contributed by atoms with van der Waals surface area (Å²) in [5, 5.41) is 0. The van der Waals surface area contributed by atoms with Gasteiger partial charge < -0.3 is 18.9 Å². The third kappa shape index (κ3) is 21.8. The molecule has 8 heteroatoms. The molecule has 0 atom stereocenters. The molecule has 0 aliphatic heterocycles. The van der Waals surface area contributed by atoms with Gasteiger partial charge in [-0.2, -0.15) is 0 Å². The average Bonchev–Trinajstić information content (AvgIpc) is 3.23. The first kappa shape index (κ1) is 48.6. The molecule has 0 aliphatic carbocycles. The summed E-state index contributed by atoms with van der Waals surface area (Å²) in [6.45, 7) is 7.36. The number of ether oxygens (including phenoxy) is 4. The molecule has 0 saturated carbocycles. The van der Waals surface area contributed by atoms with Crippen LogP contribution in [-0.4, -0.2) is 38.2 Å². The molecule has 3 aromatic rings. The number of rotatable bonds is 33. The SMILES string of the molecule is CCCCCCCCCCCCCCCCCC[Si](C)(C)CCCOC(CC(=O)OCc1ccccc1)(CC(=O)OCc1ccccc1)C(=O)OCc1ccccc1. The molecule has 3 rings (SSSR count). The summed E-state index contributed by atoms with van der Waals surface area (Å²) >= 11 is 0. The number of unbranched alkanes of at least 4 members (excludes halogenated alkanes) is 15. The fourth-order valence-electron chi connectivity index (χ4n) is 7.36. The van der Waals surface area contributed by atoms with Crippen LogP contribution in [0.25, 0.3) is 0 Å². The van der Waals surface area contributed by atoms with Crippen LogP contribution in [0.4, 0.5) is 0 Å². The predicted molar refractivity (Wildman–Crippen MR) is 238 cm³/mol. The molecular formula is C50H74O7Si. The highest BCUT2D eigenvalue weighted by molar-refractivity contribution is 6.77. The number of benzene rings is 3. The van der Waals surface area contributed by atoms with E-state index >= 15 is 0 Å². The van der Waals surface area contributed by atoms with E-state index < -0.39 is 44.4 Å². The summed E-state index contributed by atoms with van der Waals surface area (Å²) in [5.74, 6) is -2.10. The third-order valence-corrected chi connectivity index (χ3v) is 14.4. The van der Waals surface area contributed by atoms with Gasteiger partial charge in [-0.15, -0.1) is 0 Å². The number of carbonyl (C=O) groups excluding carboxylic acids is 3. The molecule has 0 unspecified atom stereocenters. The minimum Gasteiger partial charge on any atom is -0.461 e. The monoisotopic (exact) mass is 815 g/mol. The standard InChI is InChI=1S/C50H74O7Si/c1-4-5-6-7-8-9-10-11-12-13-14-15-16-17-18-28-37-58(2,3)38-29-36-57-50(49(53)56-43-46-34-26-21-27-35-46,39-47(51)54-41-44-30-22-19-23-31-44)40-48(52)55-42-45-32-24-20-25-33-45/h19-27,30-35H,4-18,28-29,36-43H2,1-3H3. The minimum atomic E-state index is -1.91. The Morgan fingerprint density at radius 2 is 0.810 bits per heavy atom. The van der Waals surface area contributed by atoms with Crippen molar-refractivity contribution in [3.8, 4) is 0 Å². The van der Waals surface area contributed by atoms with Crippen molar-refractivity contribution in [1.82, 2.24) is 0 Å². The summed E-state index contributed by atoms with van der Waals surface area (Å²) < 4.78 is 23.4. The van der Waals surface area contributed by atoms with E-state index in [1.54, 1.807) is 0 Å². The lowest BCUT2D eigenvalue weighted by Crippen LogP contribution is -2.47. The molecular weight excluding hydrogens is 741 g/mol. The lowest BCUT2D eigenvalue weighted by Gasteiger charge is -2.31. The maximum absolute atomic E-state index is 14.1. The molecule has 0 aliphatic rings. The van der Waals surface area contributed by atoms with Crippen LogP contribution < -0.4 is 0 Å². The number of hydrogen-bond acceptors (Lipinski definition) is 7. The molecule has 0 heterocycles. The van der Waals surface area contributed by atoms with Gasteiger partial charge in [0.15, 0.2) is 5.60 Å². The Morgan fingerprint density at radius 1 is 0.466 bits per heavy atom. The van der Waals surface area contributed by atoms with Gasteiger partial charge in [-0.25, -0.2) is 4.79 Å². The van der Waals surface area contributed by atoms with Gasteiger partial charge in [-0.05, 0) is 23.1 Å². The Bertz CT molecular complexity index is 1460. The lowest BCUT2D eigenvalue weighted by atomic mass is 9.94. The highest BCUT2D eigenvalue weighted by Crippen LogP contribution is 2.29. The highest BCUT2D eigenvalue weighted by atomic mass is 28.3. The maximum Gasteiger partial charge on any atom is 0.339 e. The Morgan fingerprint density at radius 3 is 1.21 bits per heavy atom. The Labute approximate surface area is 352 Å². The number of hydrogen-bond donors (Lipinski definition) is 0. The van der Waals surface area contributed by atoms with Crippen LogP contribution in [0.15, 0.2) is 91.0 Å². The van der Waals surface area contributed by atoms with E-state index in [1.165, 1.54) is 109 Å². The van der Waals surface area contributed by atoms with Crippen molar-refractivity contribution >= 4 is 26.0 Å². The van der Waals surface area contributed by atoms with E-state index in [2.05, 4.69) is 20.0 Å². The normalized spacial score (nSPS) is 11.6. The highest BCUT2D eigenvalue weighted by Gasteiger charge is 2.47. The van der Waals surface area contributed by atoms with Gasteiger partial charge in [0.25, 0.3) is 0 Å². The first-order valence-corrected chi connectivity index (χ1v) is 25.9. The van der Waals surface area contributed by atoms with Crippen molar-refractivity contribution in [3.05, 3.63) is 108 Å². The van der Waals surface area contributed by atoms with Gasteiger partial charge in [0.05, 0.1) is 12.8 Å². The quantitative estimate of drug-likeness (QED) is 0.0262. The van der Waals surface area contributed by atoms with Gasteiger partial charge >= 0.3 is 17.9 Å². The van der Waals surface area contributed by atoms with E-state index in [4.69, 9.17) is 18.9 Å². The third-order valence-electron chi connectivity index (χ3n) is 11.0. The zero-order valence-electron chi connectivity index (χ0n) is 36.2. The Kier molecular flexibility index (Phi) is 24.7. The molecule has 0 fully saturated rings. The largest absolute Gasteiger partial charge is 0.461 e. The zero-order chi connectivity index (χ0) is 41.6. The van der Waals surface area contributed by atoms with Crippen LogP contribution in [0, 0.1) is 0 Å².